The van der Waals surface area contributed by atoms with Gasteiger partial charge in [0.1, 0.15) is 11.6 Å². The van der Waals surface area contributed by atoms with Crippen molar-refractivity contribution in [2.75, 3.05) is 25.5 Å². The first kappa shape index (κ1) is 13.3. The topological polar surface area (TPSA) is 41.0 Å². The fourth-order valence-electron chi connectivity index (χ4n) is 2.53. The van der Waals surface area contributed by atoms with Gasteiger partial charge in [0.05, 0.1) is 0 Å². The first-order valence-electron chi connectivity index (χ1n) is 6.97. The third-order valence-corrected chi connectivity index (χ3v) is 3.69. The zero-order chi connectivity index (χ0) is 13.0. The molecule has 18 heavy (non-hydrogen) atoms. The number of likely N-dealkylation sites (tertiary alicyclic amines) is 1. The fourth-order valence-corrected chi connectivity index (χ4v) is 2.53. The number of nitrogens with one attached hydrogen (secondary N) is 1. The minimum atomic E-state index is 0.638. The van der Waals surface area contributed by atoms with E-state index in [1.165, 1.54) is 25.8 Å². The Hall–Kier alpha value is -1.16. The number of piperidine rings is 1. The van der Waals surface area contributed by atoms with Gasteiger partial charge in [0.25, 0.3) is 0 Å². The Bertz CT molecular complexity index is 391. The lowest BCUT2D eigenvalue weighted by Crippen LogP contribution is -2.40. The lowest BCUT2D eigenvalue weighted by atomic mass is 10.0. The van der Waals surface area contributed by atoms with Gasteiger partial charge in [0.15, 0.2) is 0 Å². The van der Waals surface area contributed by atoms with Crippen molar-refractivity contribution in [3.05, 3.63) is 17.6 Å². The molecule has 0 aliphatic carbocycles. The Balaban J connectivity index is 1.94. The quantitative estimate of drug-likeness (QED) is 0.887. The largest absolute Gasteiger partial charge is 0.368 e. The van der Waals surface area contributed by atoms with Gasteiger partial charge in [0.2, 0.25) is 0 Å². The Morgan fingerprint density at radius 2 is 2.22 bits per heavy atom. The molecule has 4 heteroatoms. The lowest BCUT2D eigenvalue weighted by molar-refractivity contribution is 0.194. The molecule has 0 aromatic carbocycles. The molecule has 0 radical (unpaired) electrons. The van der Waals surface area contributed by atoms with E-state index in [1.54, 1.807) is 0 Å². The fraction of sp³-hybridized carbons (Fsp3) is 0.714. The molecular formula is C14H24N4. The number of rotatable bonds is 4. The molecule has 2 heterocycles. The smallest absolute Gasteiger partial charge is 0.129 e. The highest BCUT2D eigenvalue weighted by molar-refractivity contribution is 5.36. The molecule has 0 saturated carbocycles. The number of anilines is 1. The Kier molecular flexibility index (Phi) is 4.53. The van der Waals surface area contributed by atoms with E-state index in [2.05, 4.69) is 40.2 Å². The van der Waals surface area contributed by atoms with E-state index in [0.717, 1.165) is 30.3 Å². The summed E-state index contributed by atoms with van der Waals surface area (Å²) in [5, 5.41) is 3.47. The summed E-state index contributed by atoms with van der Waals surface area (Å²) >= 11 is 0. The third kappa shape index (κ3) is 3.42. The molecule has 0 bridgehead atoms. The van der Waals surface area contributed by atoms with E-state index < -0.39 is 0 Å². The van der Waals surface area contributed by atoms with Crippen LogP contribution in [0.5, 0.6) is 0 Å². The van der Waals surface area contributed by atoms with Crippen molar-refractivity contribution in [2.24, 2.45) is 0 Å². The molecular weight excluding hydrogens is 224 g/mol. The predicted molar refractivity (Wildman–Crippen MR) is 74.9 cm³/mol. The van der Waals surface area contributed by atoms with Crippen molar-refractivity contribution >= 4 is 5.82 Å². The van der Waals surface area contributed by atoms with E-state index >= 15 is 0 Å². The Labute approximate surface area is 110 Å². The summed E-state index contributed by atoms with van der Waals surface area (Å²) in [5.74, 6) is 1.83. The number of aryl methyl sites for hydroxylation is 2. The van der Waals surface area contributed by atoms with Crippen LogP contribution in [0.4, 0.5) is 5.82 Å². The maximum Gasteiger partial charge on any atom is 0.129 e. The van der Waals surface area contributed by atoms with Crippen molar-refractivity contribution in [3.63, 3.8) is 0 Å². The number of nitrogens with zero attached hydrogens (tertiary/aromatic N) is 3. The molecule has 1 aliphatic heterocycles. The molecule has 0 amide bonds. The highest BCUT2D eigenvalue weighted by Gasteiger charge is 2.18. The van der Waals surface area contributed by atoms with Gasteiger partial charge in [-0.3, -0.25) is 0 Å². The summed E-state index contributed by atoms with van der Waals surface area (Å²) in [5.41, 5.74) is 1.11. The van der Waals surface area contributed by atoms with Crippen molar-refractivity contribution in [3.8, 4) is 0 Å². The van der Waals surface area contributed by atoms with Gasteiger partial charge in [-0.05, 0) is 39.8 Å². The van der Waals surface area contributed by atoms with Gasteiger partial charge in [-0.1, -0.05) is 13.3 Å². The van der Waals surface area contributed by atoms with Crippen molar-refractivity contribution in [1.29, 1.82) is 0 Å². The summed E-state index contributed by atoms with van der Waals surface area (Å²) in [6, 6.07) is 2.70. The van der Waals surface area contributed by atoms with Gasteiger partial charge in [0, 0.05) is 24.3 Å². The molecule has 4 nitrogen and oxygen atoms in total. The molecule has 100 valence electrons. The van der Waals surface area contributed by atoms with E-state index in [-0.39, 0.29) is 0 Å². The highest BCUT2D eigenvalue weighted by Crippen LogP contribution is 2.16. The monoisotopic (exact) mass is 248 g/mol. The SMILES string of the molecule is CCc1cc(NCC2CCCCN2C)nc(C)n1. The van der Waals surface area contributed by atoms with E-state index in [0.29, 0.717) is 6.04 Å². The zero-order valence-corrected chi connectivity index (χ0v) is 11.7. The van der Waals surface area contributed by atoms with Crippen LogP contribution in [0.25, 0.3) is 0 Å². The molecule has 1 N–H and O–H groups in total. The Morgan fingerprint density at radius 1 is 1.39 bits per heavy atom. The normalized spacial score (nSPS) is 20.9. The van der Waals surface area contributed by atoms with Crippen LogP contribution in [-0.4, -0.2) is 41.0 Å². The van der Waals surface area contributed by atoms with Crippen LogP contribution in [0.1, 0.15) is 37.7 Å². The maximum atomic E-state index is 4.45. The van der Waals surface area contributed by atoms with Gasteiger partial charge in [-0.25, -0.2) is 9.97 Å². The maximum absolute atomic E-state index is 4.45. The molecule has 1 aliphatic rings. The average Bonchev–Trinajstić information content (AvgIpc) is 2.37. The lowest BCUT2D eigenvalue weighted by Gasteiger charge is -2.32. The first-order valence-corrected chi connectivity index (χ1v) is 6.97. The number of hydrogen-bond donors (Lipinski definition) is 1. The second kappa shape index (κ2) is 6.14. The molecule has 1 unspecified atom stereocenters. The van der Waals surface area contributed by atoms with Gasteiger partial charge in [-0.2, -0.15) is 0 Å². The molecule has 1 atom stereocenters. The van der Waals surface area contributed by atoms with Crippen LogP contribution in [0.2, 0.25) is 0 Å². The minimum absolute atomic E-state index is 0.638. The second-order valence-corrected chi connectivity index (χ2v) is 5.16. The summed E-state index contributed by atoms with van der Waals surface area (Å²) in [6.45, 7) is 6.28. The molecule has 1 aromatic rings. The van der Waals surface area contributed by atoms with Gasteiger partial charge < -0.3 is 10.2 Å². The van der Waals surface area contributed by atoms with Gasteiger partial charge >= 0.3 is 0 Å². The Morgan fingerprint density at radius 3 is 2.94 bits per heavy atom. The average molecular weight is 248 g/mol. The van der Waals surface area contributed by atoms with Gasteiger partial charge in [-0.15, -0.1) is 0 Å². The predicted octanol–water partition coefficient (Wildman–Crippen LogP) is 2.24. The van der Waals surface area contributed by atoms with Crippen molar-refractivity contribution in [1.82, 2.24) is 14.9 Å². The number of hydrogen-bond acceptors (Lipinski definition) is 4. The second-order valence-electron chi connectivity index (χ2n) is 5.16. The van der Waals surface area contributed by atoms with Crippen LogP contribution in [0.15, 0.2) is 6.07 Å². The van der Waals surface area contributed by atoms with Crippen LogP contribution in [0, 0.1) is 6.92 Å². The number of aromatic nitrogens is 2. The van der Waals surface area contributed by atoms with Crippen LogP contribution < -0.4 is 5.32 Å². The summed E-state index contributed by atoms with van der Waals surface area (Å²) in [6.07, 6.45) is 4.93. The number of likely N-dealkylation sites (N-methyl/N-ethyl adjacent to an activating group) is 1. The third-order valence-electron chi connectivity index (χ3n) is 3.69. The van der Waals surface area contributed by atoms with Crippen LogP contribution in [0.3, 0.4) is 0 Å². The first-order chi connectivity index (χ1) is 8.69. The van der Waals surface area contributed by atoms with E-state index in [1.807, 2.05) is 6.92 Å². The summed E-state index contributed by atoms with van der Waals surface area (Å²) in [7, 11) is 2.22. The van der Waals surface area contributed by atoms with Crippen molar-refractivity contribution in [2.45, 2.75) is 45.6 Å². The van der Waals surface area contributed by atoms with Crippen molar-refractivity contribution < 1.29 is 0 Å². The molecule has 1 saturated heterocycles. The van der Waals surface area contributed by atoms with E-state index in [9.17, 15) is 0 Å². The van der Waals surface area contributed by atoms with Crippen LogP contribution >= 0.6 is 0 Å². The highest BCUT2D eigenvalue weighted by atomic mass is 15.2. The van der Waals surface area contributed by atoms with Crippen LogP contribution in [-0.2, 0) is 6.42 Å². The standard InChI is InChI=1S/C14H24N4/c1-4-12-9-14(17-11(2)16-12)15-10-13-7-5-6-8-18(13)3/h9,13H,4-8,10H2,1-3H3,(H,15,16,17). The molecule has 2 rings (SSSR count). The molecule has 1 aromatic heterocycles. The summed E-state index contributed by atoms with van der Waals surface area (Å²) < 4.78 is 0. The minimum Gasteiger partial charge on any atom is -0.368 e. The summed E-state index contributed by atoms with van der Waals surface area (Å²) in [4.78, 5) is 11.3. The van der Waals surface area contributed by atoms with E-state index in [4.69, 9.17) is 0 Å². The molecule has 0 spiro atoms. The molecule has 1 fully saturated rings. The zero-order valence-electron chi connectivity index (χ0n) is 11.7.